The number of ether oxygens (including phenoxy) is 1. The molecule has 0 fully saturated rings. The topological polar surface area (TPSA) is 59.4 Å². The molecule has 6 heteroatoms. The molecule has 29 heavy (non-hydrogen) atoms. The number of para-hydroxylation sites is 1. The molecule has 0 aliphatic rings. The Hall–Kier alpha value is -3.28. The first-order chi connectivity index (χ1) is 14.2. The van der Waals surface area contributed by atoms with Crippen molar-refractivity contribution in [2.75, 3.05) is 18.5 Å². The van der Waals surface area contributed by atoms with E-state index in [1.807, 2.05) is 78.0 Å². The zero-order valence-corrected chi connectivity index (χ0v) is 17.0. The van der Waals surface area contributed by atoms with Gasteiger partial charge in [0.1, 0.15) is 5.75 Å². The van der Waals surface area contributed by atoms with E-state index in [1.165, 1.54) is 0 Å². The van der Waals surface area contributed by atoms with E-state index in [1.54, 1.807) is 12.5 Å². The van der Waals surface area contributed by atoms with Crippen LogP contribution >= 0.6 is 0 Å². The molecule has 1 heterocycles. The van der Waals surface area contributed by atoms with Crippen molar-refractivity contribution in [1.82, 2.24) is 14.5 Å². The van der Waals surface area contributed by atoms with Crippen LogP contribution in [0.4, 0.5) is 10.5 Å². The standard InChI is InChI=1S/C23H28N4O2/c1-3-29-22-8-5-4-7-20(22)17-27(15-6-14-26-16-13-24-18-26)23(28)25-21-11-9-19(2)10-12-21/h4-5,7-13,16,18H,3,6,14-15,17H2,1-2H3,(H,25,28). The lowest BCUT2D eigenvalue weighted by Gasteiger charge is -2.24. The number of benzene rings is 2. The zero-order valence-electron chi connectivity index (χ0n) is 17.0. The van der Waals surface area contributed by atoms with Gasteiger partial charge < -0.3 is 19.5 Å². The maximum absolute atomic E-state index is 13.0. The summed E-state index contributed by atoms with van der Waals surface area (Å²) in [5.41, 5.74) is 2.94. The molecule has 3 aromatic rings. The van der Waals surface area contributed by atoms with Crippen LogP contribution in [0.3, 0.4) is 0 Å². The van der Waals surface area contributed by atoms with E-state index < -0.39 is 0 Å². The first-order valence-corrected chi connectivity index (χ1v) is 9.94. The number of nitrogens with one attached hydrogen (secondary N) is 1. The van der Waals surface area contributed by atoms with E-state index in [9.17, 15) is 4.79 Å². The maximum Gasteiger partial charge on any atom is 0.322 e. The van der Waals surface area contributed by atoms with Crippen LogP contribution in [0.25, 0.3) is 0 Å². The summed E-state index contributed by atoms with van der Waals surface area (Å²) in [6, 6.07) is 15.6. The van der Waals surface area contributed by atoms with Crippen molar-refractivity contribution in [2.24, 2.45) is 0 Å². The molecule has 0 bridgehead atoms. The zero-order chi connectivity index (χ0) is 20.5. The van der Waals surface area contributed by atoms with E-state index in [0.29, 0.717) is 19.7 Å². The van der Waals surface area contributed by atoms with Gasteiger partial charge in [0.2, 0.25) is 0 Å². The van der Waals surface area contributed by atoms with Crippen molar-refractivity contribution in [3.05, 3.63) is 78.4 Å². The molecule has 0 radical (unpaired) electrons. The number of anilines is 1. The molecule has 0 spiro atoms. The van der Waals surface area contributed by atoms with E-state index in [2.05, 4.69) is 10.3 Å². The highest BCUT2D eigenvalue weighted by atomic mass is 16.5. The average Bonchev–Trinajstić information content (AvgIpc) is 3.24. The van der Waals surface area contributed by atoms with Gasteiger partial charge in [0.05, 0.1) is 19.5 Å². The fourth-order valence-corrected chi connectivity index (χ4v) is 3.09. The average molecular weight is 393 g/mol. The summed E-state index contributed by atoms with van der Waals surface area (Å²) in [4.78, 5) is 18.9. The quantitative estimate of drug-likeness (QED) is 0.573. The van der Waals surface area contributed by atoms with Crippen molar-refractivity contribution in [2.45, 2.75) is 33.4 Å². The molecular weight excluding hydrogens is 364 g/mol. The fraction of sp³-hybridized carbons (Fsp3) is 0.304. The Morgan fingerprint density at radius 1 is 1.17 bits per heavy atom. The molecule has 2 aromatic carbocycles. The largest absolute Gasteiger partial charge is 0.494 e. The summed E-state index contributed by atoms with van der Waals surface area (Å²) in [7, 11) is 0. The molecule has 0 aliphatic heterocycles. The molecule has 1 N–H and O–H groups in total. The van der Waals surface area contributed by atoms with Gasteiger partial charge in [-0.3, -0.25) is 0 Å². The minimum Gasteiger partial charge on any atom is -0.494 e. The summed E-state index contributed by atoms with van der Waals surface area (Å²) in [5, 5.41) is 3.01. The molecule has 0 saturated heterocycles. The van der Waals surface area contributed by atoms with E-state index in [4.69, 9.17) is 4.74 Å². The van der Waals surface area contributed by atoms with Crippen molar-refractivity contribution in [3.63, 3.8) is 0 Å². The van der Waals surface area contributed by atoms with Gasteiger partial charge in [-0.15, -0.1) is 0 Å². The lowest BCUT2D eigenvalue weighted by Crippen LogP contribution is -2.35. The van der Waals surface area contributed by atoms with Crippen molar-refractivity contribution in [1.29, 1.82) is 0 Å². The molecule has 3 rings (SSSR count). The van der Waals surface area contributed by atoms with Gasteiger partial charge in [0, 0.05) is 36.7 Å². The Labute approximate surface area is 172 Å². The molecule has 1 aromatic heterocycles. The summed E-state index contributed by atoms with van der Waals surface area (Å²) in [6.45, 7) is 6.49. The minimum atomic E-state index is -0.120. The highest BCUT2D eigenvalue weighted by Gasteiger charge is 2.16. The number of amides is 2. The fourth-order valence-electron chi connectivity index (χ4n) is 3.09. The van der Waals surface area contributed by atoms with Crippen molar-refractivity contribution < 1.29 is 9.53 Å². The minimum absolute atomic E-state index is 0.120. The molecule has 0 aliphatic carbocycles. The predicted octanol–water partition coefficient (Wildman–Crippen LogP) is 4.71. The highest BCUT2D eigenvalue weighted by Crippen LogP contribution is 2.21. The van der Waals surface area contributed by atoms with E-state index in [0.717, 1.165) is 35.5 Å². The number of carbonyl (C=O) groups excluding carboxylic acids is 1. The Balaban J connectivity index is 1.71. The Bertz CT molecular complexity index is 892. The van der Waals surface area contributed by atoms with Crippen LogP contribution in [-0.4, -0.2) is 33.6 Å². The van der Waals surface area contributed by atoms with Crippen LogP contribution in [0.1, 0.15) is 24.5 Å². The normalized spacial score (nSPS) is 10.6. The molecule has 0 atom stereocenters. The van der Waals surface area contributed by atoms with E-state index in [-0.39, 0.29) is 6.03 Å². The summed E-state index contributed by atoms with van der Waals surface area (Å²) in [5.74, 6) is 0.817. The third-order valence-corrected chi connectivity index (χ3v) is 4.63. The van der Waals surface area contributed by atoms with Crippen LogP contribution in [-0.2, 0) is 13.1 Å². The lowest BCUT2D eigenvalue weighted by atomic mass is 10.2. The number of hydrogen-bond acceptors (Lipinski definition) is 3. The number of urea groups is 1. The smallest absolute Gasteiger partial charge is 0.322 e. The summed E-state index contributed by atoms with van der Waals surface area (Å²) < 4.78 is 7.76. The second-order valence-corrected chi connectivity index (χ2v) is 6.91. The first kappa shape index (κ1) is 20.5. The monoisotopic (exact) mass is 392 g/mol. The molecule has 6 nitrogen and oxygen atoms in total. The number of hydrogen-bond donors (Lipinski definition) is 1. The third-order valence-electron chi connectivity index (χ3n) is 4.63. The Kier molecular flexibility index (Phi) is 7.28. The van der Waals surface area contributed by atoms with Crippen molar-refractivity contribution >= 4 is 11.7 Å². The lowest BCUT2D eigenvalue weighted by molar-refractivity contribution is 0.206. The van der Waals surface area contributed by atoms with Crippen LogP contribution in [0.15, 0.2) is 67.3 Å². The predicted molar refractivity (Wildman–Crippen MR) is 115 cm³/mol. The van der Waals surface area contributed by atoms with Gasteiger partial charge in [0.25, 0.3) is 0 Å². The first-order valence-electron chi connectivity index (χ1n) is 9.94. The second kappa shape index (κ2) is 10.3. The number of rotatable bonds is 9. The Morgan fingerprint density at radius 2 is 1.97 bits per heavy atom. The highest BCUT2D eigenvalue weighted by molar-refractivity contribution is 5.89. The SMILES string of the molecule is CCOc1ccccc1CN(CCCn1ccnc1)C(=O)Nc1ccc(C)cc1. The maximum atomic E-state index is 13.0. The molecule has 2 amide bonds. The molecule has 152 valence electrons. The van der Waals surface area contributed by atoms with Crippen LogP contribution in [0.5, 0.6) is 5.75 Å². The molecular formula is C23H28N4O2. The number of carbonyl (C=O) groups is 1. The van der Waals surface area contributed by atoms with Gasteiger partial charge in [-0.05, 0) is 38.5 Å². The van der Waals surface area contributed by atoms with Gasteiger partial charge in [-0.2, -0.15) is 0 Å². The second-order valence-electron chi connectivity index (χ2n) is 6.91. The third kappa shape index (κ3) is 6.10. The van der Waals surface area contributed by atoms with Gasteiger partial charge in [-0.25, -0.2) is 9.78 Å². The molecule has 0 unspecified atom stereocenters. The van der Waals surface area contributed by atoms with Gasteiger partial charge in [-0.1, -0.05) is 35.9 Å². The Morgan fingerprint density at radius 3 is 2.69 bits per heavy atom. The van der Waals surface area contributed by atoms with Gasteiger partial charge in [0.15, 0.2) is 0 Å². The number of imidazole rings is 1. The summed E-state index contributed by atoms with van der Waals surface area (Å²) >= 11 is 0. The summed E-state index contributed by atoms with van der Waals surface area (Å²) in [6.07, 6.45) is 6.32. The van der Waals surface area contributed by atoms with Gasteiger partial charge >= 0.3 is 6.03 Å². The molecule has 0 saturated carbocycles. The van der Waals surface area contributed by atoms with E-state index >= 15 is 0 Å². The number of aryl methyl sites for hydroxylation is 2. The van der Waals surface area contributed by atoms with Crippen LogP contribution in [0, 0.1) is 6.92 Å². The van der Waals surface area contributed by atoms with Crippen LogP contribution in [0.2, 0.25) is 0 Å². The van der Waals surface area contributed by atoms with Crippen LogP contribution < -0.4 is 10.1 Å². The van der Waals surface area contributed by atoms with Crippen molar-refractivity contribution in [3.8, 4) is 5.75 Å². The number of nitrogens with zero attached hydrogens (tertiary/aromatic N) is 3. The number of aromatic nitrogens is 2.